The highest BCUT2D eigenvalue weighted by Crippen LogP contribution is 2.34. The summed E-state index contributed by atoms with van der Waals surface area (Å²) < 4.78 is 10.7. The maximum absolute atomic E-state index is 13.3. The molecular weight excluding hydrogens is 404 g/mol. The molecule has 2 aromatic carbocycles. The summed E-state index contributed by atoms with van der Waals surface area (Å²) in [5.41, 5.74) is 3.25. The highest BCUT2D eigenvalue weighted by atomic mass is 16.5. The van der Waals surface area contributed by atoms with Gasteiger partial charge < -0.3 is 14.2 Å². The van der Waals surface area contributed by atoms with Crippen LogP contribution in [0.4, 0.5) is 5.69 Å². The van der Waals surface area contributed by atoms with E-state index in [2.05, 4.69) is 40.2 Å². The molecule has 1 saturated heterocycles. The Morgan fingerprint density at radius 3 is 2.62 bits per heavy atom. The summed E-state index contributed by atoms with van der Waals surface area (Å²) in [6.07, 6.45) is 2.64. The van der Waals surface area contributed by atoms with Crippen LogP contribution in [0.2, 0.25) is 0 Å². The van der Waals surface area contributed by atoms with Gasteiger partial charge in [-0.1, -0.05) is 23.4 Å². The van der Waals surface area contributed by atoms with E-state index in [0.29, 0.717) is 18.3 Å². The lowest BCUT2D eigenvalue weighted by Gasteiger charge is -2.34. The van der Waals surface area contributed by atoms with Crippen LogP contribution in [0.15, 0.2) is 53.1 Å². The number of carbonyl (C=O) groups is 1. The predicted molar refractivity (Wildman–Crippen MR) is 121 cm³/mol. The third kappa shape index (κ3) is 4.00. The number of anilines is 1. The Morgan fingerprint density at radius 2 is 1.88 bits per heavy atom. The fourth-order valence-electron chi connectivity index (χ4n) is 4.80. The van der Waals surface area contributed by atoms with Crippen LogP contribution in [0.1, 0.15) is 31.2 Å². The second kappa shape index (κ2) is 8.74. The molecule has 7 nitrogen and oxygen atoms in total. The van der Waals surface area contributed by atoms with Crippen molar-refractivity contribution in [1.82, 2.24) is 15.0 Å². The molecule has 0 bridgehead atoms. The van der Waals surface area contributed by atoms with Crippen molar-refractivity contribution in [2.24, 2.45) is 5.92 Å². The van der Waals surface area contributed by atoms with Gasteiger partial charge in [-0.15, -0.1) is 0 Å². The quantitative estimate of drug-likeness (QED) is 0.608. The highest BCUT2D eigenvalue weighted by Gasteiger charge is 2.36. The molecule has 7 heteroatoms. The zero-order valence-electron chi connectivity index (χ0n) is 18.5. The van der Waals surface area contributed by atoms with E-state index in [4.69, 9.17) is 9.26 Å². The Kier molecular flexibility index (Phi) is 5.66. The number of piperidine rings is 1. The van der Waals surface area contributed by atoms with E-state index < -0.39 is 0 Å². The normalized spacial score (nSPS) is 19.2. The smallest absolute Gasteiger partial charge is 0.241 e. The standard InChI is InChI=1S/C25H28N4O3/c1-17-15-20-5-3-4-6-22(20)29(17)25(30)19-11-13-28(14-12-19)16-23-26-24(27-32-23)18-7-9-21(31-2)10-8-18/h3-10,17,19H,11-16H2,1-2H3. The molecule has 0 aliphatic carbocycles. The Bertz CT molecular complexity index is 1090. The number of methoxy groups -OCH3 is 1. The molecule has 32 heavy (non-hydrogen) atoms. The van der Waals surface area contributed by atoms with E-state index >= 15 is 0 Å². The fraction of sp³-hybridized carbons (Fsp3) is 0.400. The van der Waals surface area contributed by atoms with Gasteiger partial charge in [-0.25, -0.2) is 0 Å². The lowest BCUT2D eigenvalue weighted by atomic mass is 9.95. The van der Waals surface area contributed by atoms with Crippen LogP contribution >= 0.6 is 0 Å². The molecule has 2 aliphatic rings. The zero-order valence-corrected chi connectivity index (χ0v) is 18.5. The Balaban J connectivity index is 1.18. The van der Waals surface area contributed by atoms with Crippen LogP contribution in [0, 0.1) is 5.92 Å². The molecule has 3 aromatic rings. The number of amides is 1. The van der Waals surface area contributed by atoms with Crippen LogP contribution in [-0.2, 0) is 17.8 Å². The van der Waals surface area contributed by atoms with Crippen LogP contribution < -0.4 is 9.64 Å². The van der Waals surface area contributed by atoms with Crippen LogP contribution in [0.25, 0.3) is 11.4 Å². The number of aromatic nitrogens is 2. The first-order valence-electron chi connectivity index (χ1n) is 11.2. The first-order valence-corrected chi connectivity index (χ1v) is 11.2. The number of ether oxygens (including phenoxy) is 1. The minimum Gasteiger partial charge on any atom is -0.497 e. The van der Waals surface area contributed by atoms with Crippen molar-refractivity contribution in [3.63, 3.8) is 0 Å². The van der Waals surface area contributed by atoms with E-state index in [1.807, 2.05) is 35.2 Å². The van der Waals surface area contributed by atoms with Crippen LogP contribution in [-0.4, -0.2) is 47.2 Å². The molecule has 2 aliphatic heterocycles. The summed E-state index contributed by atoms with van der Waals surface area (Å²) in [4.78, 5) is 22.2. The average Bonchev–Trinajstić information content (AvgIpc) is 3.42. The minimum absolute atomic E-state index is 0.0670. The summed E-state index contributed by atoms with van der Waals surface area (Å²) >= 11 is 0. The van der Waals surface area contributed by atoms with Crippen LogP contribution in [0.3, 0.4) is 0 Å². The maximum atomic E-state index is 13.3. The Morgan fingerprint density at radius 1 is 1.12 bits per heavy atom. The first kappa shape index (κ1) is 20.7. The number of fused-ring (bicyclic) bond motifs is 1. The van der Waals surface area contributed by atoms with E-state index in [-0.39, 0.29) is 17.9 Å². The molecule has 1 atom stereocenters. The molecule has 1 aromatic heterocycles. The van der Waals surface area contributed by atoms with E-state index in [1.54, 1.807) is 7.11 Å². The van der Waals surface area contributed by atoms with Gasteiger partial charge in [0.25, 0.3) is 0 Å². The van der Waals surface area contributed by atoms with Gasteiger partial charge >= 0.3 is 0 Å². The first-order chi connectivity index (χ1) is 15.6. The van der Waals surface area contributed by atoms with Crippen molar-refractivity contribution in [2.45, 2.75) is 38.8 Å². The summed E-state index contributed by atoms with van der Waals surface area (Å²) in [5, 5.41) is 4.12. The van der Waals surface area contributed by atoms with Gasteiger partial charge in [-0.2, -0.15) is 4.98 Å². The molecule has 166 valence electrons. The van der Waals surface area contributed by atoms with Gasteiger partial charge in [0.05, 0.1) is 13.7 Å². The Hall–Kier alpha value is -3.19. The number of para-hydroxylation sites is 1. The van der Waals surface area contributed by atoms with Crippen molar-refractivity contribution >= 4 is 11.6 Å². The molecule has 0 radical (unpaired) electrons. The number of hydrogen-bond donors (Lipinski definition) is 0. The topological polar surface area (TPSA) is 71.7 Å². The Labute approximate surface area is 188 Å². The molecule has 3 heterocycles. The van der Waals surface area contributed by atoms with Crippen molar-refractivity contribution in [1.29, 1.82) is 0 Å². The van der Waals surface area contributed by atoms with Gasteiger partial charge in [-0.3, -0.25) is 9.69 Å². The summed E-state index contributed by atoms with van der Waals surface area (Å²) in [5.74, 6) is 2.30. The molecular formula is C25H28N4O3. The van der Waals surface area contributed by atoms with Crippen molar-refractivity contribution < 1.29 is 14.1 Å². The number of benzene rings is 2. The number of hydrogen-bond acceptors (Lipinski definition) is 6. The van der Waals surface area contributed by atoms with Gasteiger partial charge in [0.1, 0.15) is 5.75 Å². The molecule has 1 amide bonds. The van der Waals surface area contributed by atoms with Gasteiger partial charge in [0, 0.05) is 23.2 Å². The molecule has 0 spiro atoms. The average molecular weight is 433 g/mol. The summed E-state index contributed by atoms with van der Waals surface area (Å²) in [7, 11) is 1.64. The lowest BCUT2D eigenvalue weighted by Crippen LogP contribution is -2.44. The number of likely N-dealkylation sites (tertiary alicyclic amines) is 1. The maximum Gasteiger partial charge on any atom is 0.241 e. The highest BCUT2D eigenvalue weighted by molar-refractivity contribution is 5.97. The fourth-order valence-corrected chi connectivity index (χ4v) is 4.80. The minimum atomic E-state index is 0.0670. The van der Waals surface area contributed by atoms with E-state index in [0.717, 1.165) is 49.4 Å². The third-order valence-corrected chi connectivity index (χ3v) is 6.56. The number of carbonyl (C=O) groups excluding carboxylic acids is 1. The predicted octanol–water partition coefficient (Wildman–Crippen LogP) is 3.94. The summed E-state index contributed by atoms with van der Waals surface area (Å²) in [6, 6.07) is 16.1. The number of nitrogens with zero attached hydrogens (tertiary/aromatic N) is 4. The van der Waals surface area contributed by atoms with E-state index in [1.165, 1.54) is 5.56 Å². The lowest BCUT2D eigenvalue weighted by molar-refractivity contribution is -0.124. The molecule has 0 saturated carbocycles. The molecule has 5 rings (SSSR count). The van der Waals surface area contributed by atoms with Crippen molar-refractivity contribution in [3.05, 3.63) is 60.0 Å². The van der Waals surface area contributed by atoms with Gasteiger partial charge in [0.2, 0.25) is 17.6 Å². The summed E-state index contributed by atoms with van der Waals surface area (Å²) in [6.45, 7) is 4.44. The van der Waals surface area contributed by atoms with Crippen molar-refractivity contribution in [3.8, 4) is 17.1 Å². The second-order valence-corrected chi connectivity index (χ2v) is 8.68. The van der Waals surface area contributed by atoms with E-state index in [9.17, 15) is 4.79 Å². The van der Waals surface area contributed by atoms with Gasteiger partial charge in [-0.05, 0) is 75.2 Å². The molecule has 1 unspecified atom stereocenters. The second-order valence-electron chi connectivity index (χ2n) is 8.68. The SMILES string of the molecule is COc1ccc(-c2noc(CN3CCC(C(=O)N4c5ccccc5CC4C)CC3)n2)cc1. The zero-order chi connectivity index (χ0) is 22.1. The number of rotatable bonds is 5. The van der Waals surface area contributed by atoms with Gasteiger partial charge in [0.15, 0.2) is 0 Å². The van der Waals surface area contributed by atoms with Crippen LogP contribution in [0.5, 0.6) is 5.75 Å². The largest absolute Gasteiger partial charge is 0.497 e. The van der Waals surface area contributed by atoms with Crippen molar-refractivity contribution in [2.75, 3.05) is 25.1 Å². The monoisotopic (exact) mass is 432 g/mol. The third-order valence-electron chi connectivity index (χ3n) is 6.56. The molecule has 0 N–H and O–H groups in total. The molecule has 1 fully saturated rings.